The summed E-state index contributed by atoms with van der Waals surface area (Å²) in [5, 5.41) is 4.62. The summed E-state index contributed by atoms with van der Waals surface area (Å²) in [6, 6.07) is 1.57. The lowest BCUT2D eigenvalue weighted by Gasteiger charge is -2.07. The van der Waals surface area contributed by atoms with Gasteiger partial charge in [-0.1, -0.05) is 11.8 Å². The van der Waals surface area contributed by atoms with E-state index in [4.69, 9.17) is 10.5 Å². The van der Waals surface area contributed by atoms with Crippen LogP contribution in [0.2, 0.25) is 0 Å². The van der Waals surface area contributed by atoms with Crippen LogP contribution >= 0.6 is 11.8 Å². The van der Waals surface area contributed by atoms with Gasteiger partial charge in [0.1, 0.15) is 5.03 Å². The van der Waals surface area contributed by atoms with E-state index in [0.29, 0.717) is 22.9 Å². The van der Waals surface area contributed by atoms with Crippen molar-refractivity contribution in [3.63, 3.8) is 0 Å². The summed E-state index contributed by atoms with van der Waals surface area (Å²) in [5.74, 6) is -0.423. The zero-order chi connectivity index (χ0) is 13.8. The molecule has 0 aliphatic carbocycles. The Morgan fingerprint density at radius 3 is 2.95 bits per heavy atom. The van der Waals surface area contributed by atoms with Gasteiger partial charge in [-0.15, -0.1) is 0 Å². The van der Waals surface area contributed by atoms with Crippen LogP contribution < -0.4 is 5.73 Å². The Balaban J connectivity index is 2.31. The number of pyridine rings is 1. The topological polar surface area (TPSA) is 83.0 Å². The second-order valence-corrected chi connectivity index (χ2v) is 4.86. The van der Waals surface area contributed by atoms with Gasteiger partial charge in [0.05, 0.1) is 35.1 Å². The van der Waals surface area contributed by atoms with Gasteiger partial charge in [-0.05, 0) is 13.0 Å². The molecule has 0 spiro atoms. The van der Waals surface area contributed by atoms with Crippen molar-refractivity contribution in [3.8, 4) is 0 Å². The smallest absolute Gasteiger partial charge is 0.340 e. The van der Waals surface area contributed by atoms with E-state index in [0.717, 1.165) is 4.90 Å². The number of hydrogen-bond donors (Lipinski definition) is 1. The maximum absolute atomic E-state index is 11.9. The van der Waals surface area contributed by atoms with Crippen LogP contribution in [0.3, 0.4) is 0 Å². The fourth-order valence-corrected chi connectivity index (χ4v) is 2.35. The van der Waals surface area contributed by atoms with Crippen LogP contribution in [0.4, 0.5) is 5.69 Å². The van der Waals surface area contributed by atoms with Gasteiger partial charge < -0.3 is 10.5 Å². The number of carbonyl (C=O) groups is 1. The first-order valence-corrected chi connectivity index (χ1v) is 6.51. The van der Waals surface area contributed by atoms with Crippen LogP contribution in [0.1, 0.15) is 17.3 Å². The zero-order valence-electron chi connectivity index (χ0n) is 10.7. The number of rotatable bonds is 4. The lowest BCUT2D eigenvalue weighted by Crippen LogP contribution is -2.08. The highest BCUT2D eigenvalue weighted by atomic mass is 32.2. The number of carbonyl (C=O) groups excluding carboxylic acids is 1. The highest BCUT2D eigenvalue weighted by Gasteiger charge is 2.16. The quantitative estimate of drug-likeness (QED) is 0.857. The van der Waals surface area contributed by atoms with E-state index in [-0.39, 0.29) is 0 Å². The highest BCUT2D eigenvalue weighted by molar-refractivity contribution is 7.99. The molecule has 0 radical (unpaired) electrons. The summed E-state index contributed by atoms with van der Waals surface area (Å²) in [7, 11) is 1.83. The minimum absolute atomic E-state index is 0.310. The number of anilines is 1. The average Bonchev–Trinajstić information content (AvgIpc) is 2.77. The first-order valence-electron chi connectivity index (χ1n) is 5.69. The number of aryl methyl sites for hydroxylation is 1. The van der Waals surface area contributed by atoms with Crippen molar-refractivity contribution >= 4 is 23.4 Å². The molecule has 2 rings (SSSR count). The second-order valence-electron chi connectivity index (χ2n) is 3.79. The lowest BCUT2D eigenvalue weighted by atomic mass is 10.3. The monoisotopic (exact) mass is 278 g/mol. The molecular weight excluding hydrogens is 264 g/mol. The highest BCUT2D eigenvalue weighted by Crippen LogP contribution is 2.29. The number of aromatic nitrogens is 3. The Hall–Kier alpha value is -2.02. The standard InChI is InChI=1S/C12H14N4O2S/c1-3-18-12(17)10-4-8(13)5-14-11(10)19-9-6-15-16(2)7-9/h4-7H,3,13H2,1-2H3. The third-order valence-electron chi connectivity index (χ3n) is 2.26. The minimum Gasteiger partial charge on any atom is -0.462 e. The Morgan fingerprint density at radius 2 is 2.32 bits per heavy atom. The fourth-order valence-electron chi connectivity index (χ4n) is 1.47. The van der Waals surface area contributed by atoms with Gasteiger partial charge in [-0.3, -0.25) is 4.68 Å². The van der Waals surface area contributed by atoms with E-state index >= 15 is 0 Å². The van der Waals surface area contributed by atoms with Crippen LogP contribution in [-0.2, 0) is 11.8 Å². The van der Waals surface area contributed by atoms with Crippen molar-refractivity contribution in [2.45, 2.75) is 16.8 Å². The minimum atomic E-state index is -0.423. The predicted molar refractivity (Wildman–Crippen MR) is 71.9 cm³/mol. The number of nitrogens with zero attached hydrogens (tertiary/aromatic N) is 3. The molecular formula is C12H14N4O2S. The van der Waals surface area contributed by atoms with Gasteiger partial charge in [-0.2, -0.15) is 5.10 Å². The molecule has 0 amide bonds. The van der Waals surface area contributed by atoms with E-state index < -0.39 is 5.97 Å². The molecule has 0 bridgehead atoms. The van der Waals surface area contributed by atoms with Crippen LogP contribution in [-0.4, -0.2) is 27.3 Å². The molecule has 2 heterocycles. The third-order valence-corrected chi connectivity index (χ3v) is 3.23. The Labute approximate surface area is 115 Å². The number of nitrogens with two attached hydrogens (primary N) is 1. The number of esters is 1. The number of hydrogen-bond acceptors (Lipinski definition) is 6. The van der Waals surface area contributed by atoms with E-state index in [1.807, 2.05) is 13.2 Å². The van der Waals surface area contributed by atoms with Crippen LogP contribution in [0.25, 0.3) is 0 Å². The number of ether oxygens (including phenoxy) is 1. The predicted octanol–water partition coefficient (Wildman–Crippen LogP) is 1.73. The van der Waals surface area contributed by atoms with Gasteiger partial charge in [0, 0.05) is 13.2 Å². The van der Waals surface area contributed by atoms with E-state index in [1.165, 1.54) is 18.0 Å². The molecule has 0 saturated carbocycles. The molecule has 100 valence electrons. The SMILES string of the molecule is CCOC(=O)c1cc(N)cnc1Sc1cnn(C)c1. The average molecular weight is 278 g/mol. The van der Waals surface area contributed by atoms with Gasteiger partial charge in [0.15, 0.2) is 0 Å². The van der Waals surface area contributed by atoms with Gasteiger partial charge in [-0.25, -0.2) is 9.78 Å². The fraction of sp³-hybridized carbons (Fsp3) is 0.250. The summed E-state index contributed by atoms with van der Waals surface area (Å²) in [5.41, 5.74) is 6.46. The molecule has 2 N–H and O–H groups in total. The first kappa shape index (κ1) is 13.4. The molecule has 6 nitrogen and oxygen atoms in total. The third kappa shape index (κ3) is 3.25. The van der Waals surface area contributed by atoms with E-state index in [9.17, 15) is 4.79 Å². The largest absolute Gasteiger partial charge is 0.462 e. The molecule has 0 fully saturated rings. The van der Waals surface area contributed by atoms with Crippen molar-refractivity contribution in [3.05, 3.63) is 30.2 Å². The number of nitrogen functional groups attached to an aromatic ring is 1. The Morgan fingerprint density at radius 1 is 1.53 bits per heavy atom. The summed E-state index contributed by atoms with van der Waals surface area (Å²) >= 11 is 1.35. The van der Waals surface area contributed by atoms with Crippen molar-refractivity contribution in [1.82, 2.24) is 14.8 Å². The first-order chi connectivity index (χ1) is 9.10. The van der Waals surface area contributed by atoms with Crippen LogP contribution in [0, 0.1) is 0 Å². The molecule has 0 unspecified atom stereocenters. The van der Waals surface area contributed by atoms with E-state index in [1.54, 1.807) is 23.9 Å². The molecule has 0 saturated heterocycles. The zero-order valence-corrected chi connectivity index (χ0v) is 11.5. The summed E-state index contributed by atoms with van der Waals surface area (Å²) < 4.78 is 6.68. The van der Waals surface area contributed by atoms with Crippen molar-refractivity contribution in [2.24, 2.45) is 7.05 Å². The Bertz CT molecular complexity index is 597. The van der Waals surface area contributed by atoms with Crippen LogP contribution in [0.5, 0.6) is 0 Å². The van der Waals surface area contributed by atoms with Gasteiger partial charge in [0.25, 0.3) is 0 Å². The lowest BCUT2D eigenvalue weighted by molar-refractivity contribution is 0.0521. The van der Waals surface area contributed by atoms with Gasteiger partial charge >= 0.3 is 5.97 Å². The molecule has 0 atom stereocenters. The van der Waals surface area contributed by atoms with Crippen molar-refractivity contribution in [1.29, 1.82) is 0 Å². The molecule has 0 aliphatic rings. The summed E-state index contributed by atoms with van der Waals surface area (Å²) in [6.07, 6.45) is 5.07. The van der Waals surface area contributed by atoms with E-state index in [2.05, 4.69) is 10.1 Å². The summed E-state index contributed by atoms with van der Waals surface area (Å²) in [4.78, 5) is 16.9. The molecule has 2 aromatic rings. The molecule has 19 heavy (non-hydrogen) atoms. The molecule has 2 aromatic heterocycles. The maximum Gasteiger partial charge on any atom is 0.340 e. The molecule has 0 aliphatic heterocycles. The van der Waals surface area contributed by atoms with Crippen LogP contribution in [0.15, 0.2) is 34.6 Å². The van der Waals surface area contributed by atoms with Crippen molar-refractivity contribution < 1.29 is 9.53 Å². The summed E-state index contributed by atoms with van der Waals surface area (Å²) in [6.45, 7) is 2.07. The maximum atomic E-state index is 11.9. The normalized spacial score (nSPS) is 10.4. The molecule has 0 aromatic carbocycles. The second kappa shape index (κ2) is 5.75. The van der Waals surface area contributed by atoms with Gasteiger partial charge in [0.2, 0.25) is 0 Å². The van der Waals surface area contributed by atoms with Crippen molar-refractivity contribution in [2.75, 3.05) is 12.3 Å². The Kier molecular flexibility index (Phi) is 4.06. The molecule has 7 heteroatoms.